The molecule has 1 saturated heterocycles. The largest absolute Gasteiger partial charge is 0.364 e. The average molecular weight is 162 g/mol. The second-order valence-electron chi connectivity index (χ2n) is 3.70. The number of ether oxygens (including phenoxy) is 1. The lowest BCUT2D eigenvalue weighted by Gasteiger charge is -2.15. The Balaban J connectivity index is 2.31. The molecular formula is C11H14O. The summed E-state index contributed by atoms with van der Waals surface area (Å²) in [7, 11) is 0. The van der Waals surface area contributed by atoms with Gasteiger partial charge in [0.25, 0.3) is 0 Å². The smallest absolute Gasteiger partial charge is 0.119 e. The number of hydrogen-bond donors (Lipinski definition) is 0. The van der Waals surface area contributed by atoms with E-state index in [1.165, 1.54) is 5.56 Å². The summed E-state index contributed by atoms with van der Waals surface area (Å²) >= 11 is 0. The molecule has 0 amide bonds. The molecule has 0 radical (unpaired) electrons. The van der Waals surface area contributed by atoms with Crippen molar-refractivity contribution < 1.29 is 4.74 Å². The Morgan fingerprint density at radius 1 is 1.25 bits per heavy atom. The lowest BCUT2D eigenvalue weighted by atomic mass is 9.89. The van der Waals surface area contributed by atoms with Crippen LogP contribution in [0.5, 0.6) is 0 Å². The van der Waals surface area contributed by atoms with E-state index in [2.05, 4.69) is 38.1 Å². The van der Waals surface area contributed by atoms with Gasteiger partial charge in [-0.3, -0.25) is 0 Å². The molecule has 0 N–H and O–H groups in total. The third kappa shape index (κ3) is 1.05. The summed E-state index contributed by atoms with van der Waals surface area (Å²) < 4.78 is 5.54. The van der Waals surface area contributed by atoms with Crippen molar-refractivity contribution in [1.29, 1.82) is 0 Å². The lowest BCUT2D eigenvalue weighted by molar-refractivity contribution is 0.242. The average Bonchev–Trinajstić information content (AvgIpc) is 2.86. The first-order valence-electron chi connectivity index (χ1n) is 4.45. The molecule has 64 valence electrons. The molecule has 1 nitrogen and oxygen atoms in total. The Morgan fingerprint density at radius 3 is 2.25 bits per heavy atom. The molecule has 0 saturated carbocycles. The van der Waals surface area contributed by atoms with Crippen molar-refractivity contribution in [3.63, 3.8) is 0 Å². The Bertz CT molecular complexity index is 260. The van der Waals surface area contributed by atoms with E-state index < -0.39 is 0 Å². The van der Waals surface area contributed by atoms with E-state index in [9.17, 15) is 0 Å². The fourth-order valence-corrected chi connectivity index (χ4v) is 1.63. The van der Waals surface area contributed by atoms with Gasteiger partial charge in [0.2, 0.25) is 0 Å². The van der Waals surface area contributed by atoms with Crippen LogP contribution in [0.4, 0.5) is 0 Å². The minimum atomic E-state index is 0.0429. The van der Waals surface area contributed by atoms with Gasteiger partial charge in [-0.15, -0.1) is 0 Å². The van der Waals surface area contributed by atoms with Crippen LogP contribution < -0.4 is 0 Å². The van der Waals surface area contributed by atoms with Gasteiger partial charge in [-0.2, -0.15) is 0 Å². The Kier molecular flexibility index (Phi) is 1.69. The van der Waals surface area contributed by atoms with Gasteiger partial charge in [-0.25, -0.2) is 0 Å². The highest BCUT2D eigenvalue weighted by atomic mass is 16.6. The first-order chi connectivity index (χ1) is 5.76. The molecule has 0 spiro atoms. The van der Waals surface area contributed by atoms with Gasteiger partial charge in [0.1, 0.15) is 5.60 Å². The molecule has 1 aliphatic heterocycles. The van der Waals surface area contributed by atoms with Crippen LogP contribution in [0.25, 0.3) is 0 Å². The van der Waals surface area contributed by atoms with E-state index in [-0.39, 0.29) is 5.60 Å². The predicted molar refractivity (Wildman–Crippen MR) is 48.9 cm³/mol. The van der Waals surface area contributed by atoms with Gasteiger partial charge in [0, 0.05) is 0 Å². The highest BCUT2D eigenvalue weighted by molar-refractivity contribution is 5.27. The molecule has 0 unspecified atom stereocenters. The van der Waals surface area contributed by atoms with Crippen LogP contribution in [0.15, 0.2) is 30.3 Å². The Hall–Kier alpha value is -0.820. The summed E-state index contributed by atoms with van der Waals surface area (Å²) in [4.78, 5) is 0. The van der Waals surface area contributed by atoms with Crippen molar-refractivity contribution in [1.82, 2.24) is 0 Å². The van der Waals surface area contributed by atoms with Gasteiger partial charge in [-0.05, 0) is 11.5 Å². The highest BCUT2D eigenvalue weighted by Crippen LogP contribution is 2.44. The molecule has 1 atom stereocenters. The Labute approximate surface area is 73.4 Å². The van der Waals surface area contributed by atoms with Crippen LogP contribution in [-0.2, 0) is 10.3 Å². The Morgan fingerprint density at radius 2 is 1.83 bits per heavy atom. The summed E-state index contributed by atoms with van der Waals surface area (Å²) in [6.45, 7) is 5.30. The summed E-state index contributed by atoms with van der Waals surface area (Å²) in [5, 5.41) is 0. The monoisotopic (exact) mass is 162 g/mol. The van der Waals surface area contributed by atoms with E-state index >= 15 is 0 Å². The van der Waals surface area contributed by atoms with Crippen LogP contribution in [0.3, 0.4) is 0 Å². The van der Waals surface area contributed by atoms with E-state index in [4.69, 9.17) is 4.74 Å². The van der Waals surface area contributed by atoms with Gasteiger partial charge in [0.05, 0.1) is 6.61 Å². The first-order valence-corrected chi connectivity index (χ1v) is 4.45. The van der Waals surface area contributed by atoms with Crippen molar-refractivity contribution in [2.24, 2.45) is 5.92 Å². The molecule has 1 aromatic carbocycles. The molecule has 1 heteroatoms. The topological polar surface area (TPSA) is 12.5 Å². The van der Waals surface area contributed by atoms with Crippen LogP contribution in [0, 0.1) is 5.92 Å². The molecule has 0 bridgehead atoms. The second kappa shape index (κ2) is 2.60. The zero-order chi connectivity index (χ0) is 8.60. The quantitative estimate of drug-likeness (QED) is 0.609. The van der Waals surface area contributed by atoms with E-state index in [0.717, 1.165) is 6.61 Å². The van der Waals surface area contributed by atoms with E-state index in [0.29, 0.717) is 5.92 Å². The third-order valence-corrected chi connectivity index (χ3v) is 2.65. The minimum absolute atomic E-state index is 0.0429. The zero-order valence-electron chi connectivity index (χ0n) is 7.58. The maximum Gasteiger partial charge on any atom is 0.119 e. The van der Waals surface area contributed by atoms with Crippen molar-refractivity contribution in [2.75, 3.05) is 6.61 Å². The van der Waals surface area contributed by atoms with Gasteiger partial charge in [0.15, 0.2) is 0 Å². The number of benzene rings is 1. The predicted octanol–water partition coefficient (Wildman–Crippen LogP) is 2.57. The summed E-state index contributed by atoms with van der Waals surface area (Å²) in [5.74, 6) is 0.569. The van der Waals surface area contributed by atoms with Crippen molar-refractivity contribution >= 4 is 0 Å². The number of hydrogen-bond acceptors (Lipinski definition) is 1. The molecular weight excluding hydrogens is 148 g/mol. The SMILES string of the molecule is CC(C)[C@]1(c2ccccc2)CO1. The summed E-state index contributed by atoms with van der Waals surface area (Å²) in [5.41, 5.74) is 1.36. The van der Waals surface area contributed by atoms with Gasteiger partial charge >= 0.3 is 0 Å². The van der Waals surface area contributed by atoms with Crippen molar-refractivity contribution in [3.8, 4) is 0 Å². The molecule has 1 aromatic rings. The van der Waals surface area contributed by atoms with E-state index in [1.807, 2.05) is 6.07 Å². The summed E-state index contributed by atoms with van der Waals surface area (Å²) in [6, 6.07) is 10.5. The number of epoxide rings is 1. The standard InChI is InChI=1S/C11H14O/c1-9(2)11(8-12-11)10-6-4-3-5-7-10/h3-7,9H,8H2,1-2H3/t11-/m0/s1. The molecule has 0 aliphatic carbocycles. The molecule has 0 aromatic heterocycles. The van der Waals surface area contributed by atoms with Crippen LogP contribution in [-0.4, -0.2) is 6.61 Å². The molecule has 12 heavy (non-hydrogen) atoms. The van der Waals surface area contributed by atoms with E-state index in [1.54, 1.807) is 0 Å². The zero-order valence-corrected chi connectivity index (χ0v) is 7.58. The molecule has 2 rings (SSSR count). The minimum Gasteiger partial charge on any atom is -0.364 e. The normalized spacial score (nSPS) is 27.6. The highest BCUT2D eigenvalue weighted by Gasteiger charge is 2.48. The molecule has 1 heterocycles. The maximum atomic E-state index is 5.54. The van der Waals surface area contributed by atoms with Gasteiger partial charge in [-0.1, -0.05) is 44.2 Å². The first kappa shape index (κ1) is 7.81. The fourth-order valence-electron chi connectivity index (χ4n) is 1.63. The van der Waals surface area contributed by atoms with Crippen molar-refractivity contribution in [3.05, 3.63) is 35.9 Å². The van der Waals surface area contributed by atoms with Crippen molar-refractivity contribution in [2.45, 2.75) is 19.4 Å². The third-order valence-electron chi connectivity index (χ3n) is 2.65. The van der Waals surface area contributed by atoms with Crippen LogP contribution >= 0.6 is 0 Å². The van der Waals surface area contributed by atoms with Gasteiger partial charge < -0.3 is 4.74 Å². The lowest BCUT2D eigenvalue weighted by Crippen LogP contribution is -2.16. The maximum absolute atomic E-state index is 5.54. The van der Waals surface area contributed by atoms with Crippen LogP contribution in [0.1, 0.15) is 19.4 Å². The number of rotatable bonds is 2. The van der Waals surface area contributed by atoms with Crippen LogP contribution in [0.2, 0.25) is 0 Å². The second-order valence-corrected chi connectivity index (χ2v) is 3.70. The molecule has 1 aliphatic rings. The fraction of sp³-hybridized carbons (Fsp3) is 0.455. The summed E-state index contributed by atoms with van der Waals surface area (Å²) in [6.07, 6.45) is 0. The molecule has 1 fully saturated rings.